The Hall–Kier alpha value is -3.57. The lowest BCUT2D eigenvalue weighted by Crippen LogP contribution is -2.19. The molecule has 0 unspecified atom stereocenters. The number of carbonyl (C=O) groups is 1. The van der Waals surface area contributed by atoms with Crippen LogP contribution >= 0.6 is 11.6 Å². The molecule has 5 nitrogen and oxygen atoms in total. The lowest BCUT2D eigenvalue weighted by molar-refractivity contribution is 0.0955. The van der Waals surface area contributed by atoms with Gasteiger partial charge >= 0.3 is 0 Å². The van der Waals surface area contributed by atoms with E-state index in [-0.39, 0.29) is 5.91 Å². The summed E-state index contributed by atoms with van der Waals surface area (Å²) in [6.07, 6.45) is 5.48. The third kappa shape index (κ3) is 3.93. The van der Waals surface area contributed by atoms with Crippen molar-refractivity contribution in [3.05, 3.63) is 107 Å². The monoisotopic (exact) mass is 416 g/mol. The fourth-order valence-electron chi connectivity index (χ4n) is 3.51. The smallest absolute Gasteiger partial charge is 0.273 e. The summed E-state index contributed by atoms with van der Waals surface area (Å²) < 4.78 is 4.03. The predicted octanol–water partition coefficient (Wildman–Crippen LogP) is 5.30. The zero-order valence-corrected chi connectivity index (χ0v) is 17.5. The summed E-state index contributed by atoms with van der Waals surface area (Å²) in [6, 6.07) is 21.0. The summed E-state index contributed by atoms with van der Waals surface area (Å²) in [7, 11) is 0. The Morgan fingerprint density at radius 3 is 2.43 bits per heavy atom. The number of rotatable bonds is 5. The van der Waals surface area contributed by atoms with Crippen molar-refractivity contribution in [2.75, 3.05) is 0 Å². The summed E-state index contributed by atoms with van der Waals surface area (Å²) in [5, 5.41) is 4.90. The van der Waals surface area contributed by atoms with Gasteiger partial charge in [-0.25, -0.2) is 5.43 Å². The van der Waals surface area contributed by atoms with Crippen molar-refractivity contribution in [2.24, 2.45) is 5.10 Å². The molecule has 0 bridgehead atoms. The fraction of sp³-hybridized carbons (Fsp3) is 0.0833. The first kappa shape index (κ1) is 19.7. The number of para-hydroxylation sites is 1. The molecular weight excluding hydrogens is 396 g/mol. The van der Waals surface area contributed by atoms with E-state index in [0.717, 1.165) is 28.3 Å². The minimum atomic E-state index is -0.262. The van der Waals surface area contributed by atoms with Crippen LogP contribution in [0.25, 0.3) is 11.4 Å². The summed E-state index contributed by atoms with van der Waals surface area (Å²) in [5.41, 5.74) is 8.06. The molecule has 4 rings (SSSR count). The van der Waals surface area contributed by atoms with Crippen LogP contribution in [0.4, 0.5) is 0 Å². The number of nitrogens with one attached hydrogen (secondary N) is 1. The Kier molecular flexibility index (Phi) is 5.55. The first-order chi connectivity index (χ1) is 14.5. The standard InChI is InChI=1S/C24H21ClN4O/c1-17-15-19(18(2)29(17)21-11-9-20(25)10-12-21)16-26-27-24(30)22-7-3-4-8-23(22)28-13-5-6-14-28/h3-16H,1-2H3,(H,27,30)/b26-16-. The Labute approximate surface area is 180 Å². The van der Waals surface area contributed by atoms with Gasteiger partial charge in [-0.1, -0.05) is 23.7 Å². The minimum absolute atomic E-state index is 0.262. The van der Waals surface area contributed by atoms with Gasteiger partial charge in [0.05, 0.1) is 17.5 Å². The molecule has 2 aromatic heterocycles. The number of hydrogen-bond acceptors (Lipinski definition) is 2. The van der Waals surface area contributed by atoms with E-state index in [1.807, 2.05) is 91.5 Å². The fourth-order valence-corrected chi connectivity index (χ4v) is 3.64. The van der Waals surface area contributed by atoms with Gasteiger partial charge in [-0.2, -0.15) is 5.10 Å². The molecular formula is C24H21ClN4O. The van der Waals surface area contributed by atoms with Crippen molar-refractivity contribution in [3.8, 4) is 11.4 Å². The lowest BCUT2D eigenvalue weighted by Gasteiger charge is -2.10. The Bertz CT molecular complexity index is 1200. The van der Waals surface area contributed by atoms with Crippen LogP contribution in [-0.2, 0) is 0 Å². The van der Waals surface area contributed by atoms with E-state index in [9.17, 15) is 4.79 Å². The average Bonchev–Trinajstić information content (AvgIpc) is 3.37. The number of amides is 1. The molecule has 0 atom stereocenters. The SMILES string of the molecule is Cc1cc(/C=N\NC(=O)c2ccccc2-n2cccc2)c(C)n1-c1ccc(Cl)cc1. The molecule has 4 aromatic rings. The molecule has 150 valence electrons. The van der Waals surface area contributed by atoms with Gasteiger partial charge in [0, 0.05) is 40.1 Å². The molecule has 0 aliphatic carbocycles. The quantitative estimate of drug-likeness (QED) is 0.348. The van der Waals surface area contributed by atoms with Crippen molar-refractivity contribution in [2.45, 2.75) is 13.8 Å². The lowest BCUT2D eigenvalue weighted by atomic mass is 10.1. The third-order valence-corrected chi connectivity index (χ3v) is 5.21. The van der Waals surface area contributed by atoms with E-state index in [1.54, 1.807) is 12.3 Å². The van der Waals surface area contributed by atoms with E-state index in [4.69, 9.17) is 11.6 Å². The highest BCUT2D eigenvalue weighted by Gasteiger charge is 2.12. The van der Waals surface area contributed by atoms with Gasteiger partial charge in [-0.15, -0.1) is 0 Å². The topological polar surface area (TPSA) is 51.3 Å². The molecule has 30 heavy (non-hydrogen) atoms. The van der Waals surface area contributed by atoms with E-state index in [0.29, 0.717) is 10.6 Å². The van der Waals surface area contributed by atoms with Gasteiger partial charge in [0.25, 0.3) is 5.91 Å². The van der Waals surface area contributed by atoms with Crippen molar-refractivity contribution >= 4 is 23.7 Å². The maximum atomic E-state index is 12.7. The van der Waals surface area contributed by atoms with Gasteiger partial charge in [0.1, 0.15) is 0 Å². The molecule has 1 N–H and O–H groups in total. The second-order valence-corrected chi connectivity index (χ2v) is 7.38. The van der Waals surface area contributed by atoms with Gasteiger partial charge in [-0.3, -0.25) is 4.79 Å². The normalized spacial score (nSPS) is 11.2. The molecule has 0 radical (unpaired) electrons. The molecule has 2 aromatic carbocycles. The molecule has 0 saturated heterocycles. The molecule has 0 spiro atoms. The Balaban J connectivity index is 1.54. The van der Waals surface area contributed by atoms with Crippen molar-refractivity contribution in [1.82, 2.24) is 14.6 Å². The van der Waals surface area contributed by atoms with Gasteiger partial charge in [-0.05, 0) is 68.4 Å². The number of halogens is 1. The van der Waals surface area contributed by atoms with Crippen LogP contribution < -0.4 is 5.43 Å². The summed E-state index contributed by atoms with van der Waals surface area (Å²) in [5.74, 6) is -0.262. The largest absolute Gasteiger partial charge is 0.323 e. The van der Waals surface area contributed by atoms with Crippen LogP contribution in [0.5, 0.6) is 0 Å². The van der Waals surface area contributed by atoms with E-state index in [2.05, 4.69) is 15.1 Å². The zero-order chi connectivity index (χ0) is 21.1. The number of carbonyl (C=O) groups excluding carboxylic acids is 1. The van der Waals surface area contributed by atoms with Crippen LogP contribution in [0.1, 0.15) is 27.3 Å². The number of benzene rings is 2. The Morgan fingerprint density at radius 1 is 1.00 bits per heavy atom. The van der Waals surface area contributed by atoms with E-state index in [1.165, 1.54) is 0 Å². The van der Waals surface area contributed by atoms with E-state index >= 15 is 0 Å². The second kappa shape index (κ2) is 8.43. The Morgan fingerprint density at radius 2 is 1.70 bits per heavy atom. The van der Waals surface area contributed by atoms with Gasteiger partial charge in [0.2, 0.25) is 0 Å². The molecule has 1 amide bonds. The minimum Gasteiger partial charge on any atom is -0.323 e. The van der Waals surface area contributed by atoms with Crippen LogP contribution in [0.15, 0.2) is 84.2 Å². The maximum absolute atomic E-state index is 12.7. The van der Waals surface area contributed by atoms with Crippen molar-refractivity contribution in [3.63, 3.8) is 0 Å². The number of aromatic nitrogens is 2. The molecule has 0 aliphatic heterocycles. The van der Waals surface area contributed by atoms with Crippen LogP contribution in [0, 0.1) is 13.8 Å². The maximum Gasteiger partial charge on any atom is 0.273 e. The number of nitrogens with zero attached hydrogens (tertiary/aromatic N) is 3. The van der Waals surface area contributed by atoms with Gasteiger partial charge < -0.3 is 9.13 Å². The molecule has 0 aliphatic rings. The molecule has 0 saturated carbocycles. The van der Waals surface area contributed by atoms with Crippen molar-refractivity contribution in [1.29, 1.82) is 0 Å². The summed E-state index contributed by atoms with van der Waals surface area (Å²) in [4.78, 5) is 12.7. The van der Waals surface area contributed by atoms with Crippen LogP contribution in [-0.4, -0.2) is 21.3 Å². The number of hydrogen-bond donors (Lipinski definition) is 1. The molecule has 2 heterocycles. The number of hydrazone groups is 1. The highest BCUT2D eigenvalue weighted by molar-refractivity contribution is 6.30. The van der Waals surface area contributed by atoms with Crippen LogP contribution in [0.3, 0.4) is 0 Å². The van der Waals surface area contributed by atoms with Crippen molar-refractivity contribution < 1.29 is 4.79 Å². The summed E-state index contributed by atoms with van der Waals surface area (Å²) >= 11 is 6.00. The van der Waals surface area contributed by atoms with E-state index < -0.39 is 0 Å². The predicted molar refractivity (Wildman–Crippen MR) is 121 cm³/mol. The highest BCUT2D eigenvalue weighted by Crippen LogP contribution is 2.21. The molecule has 0 fully saturated rings. The van der Waals surface area contributed by atoms with Crippen LogP contribution in [0.2, 0.25) is 5.02 Å². The number of aryl methyl sites for hydroxylation is 1. The second-order valence-electron chi connectivity index (χ2n) is 6.94. The first-order valence-electron chi connectivity index (χ1n) is 9.55. The third-order valence-electron chi connectivity index (χ3n) is 4.96. The highest BCUT2D eigenvalue weighted by atomic mass is 35.5. The molecule has 6 heteroatoms. The summed E-state index contributed by atoms with van der Waals surface area (Å²) in [6.45, 7) is 4.05. The first-order valence-corrected chi connectivity index (χ1v) is 9.93. The average molecular weight is 417 g/mol. The zero-order valence-electron chi connectivity index (χ0n) is 16.7. The van der Waals surface area contributed by atoms with Gasteiger partial charge in [0.15, 0.2) is 0 Å².